The number of para-hydroxylation sites is 1. The van der Waals surface area contributed by atoms with Crippen molar-refractivity contribution in [3.63, 3.8) is 0 Å². The van der Waals surface area contributed by atoms with Gasteiger partial charge in [0.25, 0.3) is 0 Å². The van der Waals surface area contributed by atoms with E-state index in [1.54, 1.807) is 0 Å². The first-order valence-corrected chi connectivity index (χ1v) is 11.3. The molecule has 0 radical (unpaired) electrons. The molecule has 0 aliphatic carbocycles. The molecule has 5 nitrogen and oxygen atoms in total. The zero-order chi connectivity index (χ0) is 22.0. The van der Waals surface area contributed by atoms with Crippen LogP contribution in [0, 0.1) is 6.92 Å². The summed E-state index contributed by atoms with van der Waals surface area (Å²) in [4.78, 5) is 22.5. The lowest BCUT2D eigenvalue weighted by atomic mass is 9.96. The highest BCUT2D eigenvalue weighted by Crippen LogP contribution is 2.35. The van der Waals surface area contributed by atoms with Crippen molar-refractivity contribution in [3.05, 3.63) is 71.4 Å². The summed E-state index contributed by atoms with van der Waals surface area (Å²) in [6, 6.07) is 17.7. The lowest BCUT2D eigenvalue weighted by Gasteiger charge is -2.32. The van der Waals surface area contributed by atoms with Crippen molar-refractivity contribution in [2.45, 2.75) is 56.6 Å². The van der Waals surface area contributed by atoms with Gasteiger partial charge in [-0.25, -0.2) is 9.97 Å². The zero-order valence-electron chi connectivity index (χ0n) is 18.3. The summed E-state index contributed by atoms with van der Waals surface area (Å²) in [6.07, 6.45) is 0.710. The Kier molecular flexibility index (Phi) is 6.12. The standard InChI is InChI=1S/C25H27N3O2S/c1-16-10-12-18(13-11-16)22-27-21-14-25(3,4)30-15-20(21)24(28-22)31-17(2)23(29)26-19-8-6-5-7-9-19/h5-13,17H,14-15H2,1-4H3,(H,26,29). The summed E-state index contributed by atoms with van der Waals surface area (Å²) < 4.78 is 6.04. The number of fused-ring (bicyclic) bond motifs is 1. The highest BCUT2D eigenvalue weighted by molar-refractivity contribution is 8.00. The van der Waals surface area contributed by atoms with E-state index in [-0.39, 0.29) is 16.8 Å². The second kappa shape index (κ2) is 8.81. The minimum Gasteiger partial charge on any atom is -0.370 e. The van der Waals surface area contributed by atoms with Crippen molar-refractivity contribution in [1.82, 2.24) is 9.97 Å². The van der Waals surface area contributed by atoms with Crippen LogP contribution >= 0.6 is 11.8 Å². The lowest BCUT2D eigenvalue weighted by Crippen LogP contribution is -2.33. The number of nitrogens with one attached hydrogen (secondary N) is 1. The molecule has 160 valence electrons. The number of carbonyl (C=O) groups excluding carboxylic acids is 1. The van der Waals surface area contributed by atoms with Gasteiger partial charge >= 0.3 is 0 Å². The number of nitrogens with zero attached hydrogens (tertiary/aromatic N) is 2. The molecule has 4 rings (SSSR count). The van der Waals surface area contributed by atoms with Gasteiger partial charge in [0.05, 0.1) is 23.2 Å². The Bertz CT molecular complexity index is 1080. The maximum Gasteiger partial charge on any atom is 0.237 e. The van der Waals surface area contributed by atoms with Crippen LogP contribution < -0.4 is 5.32 Å². The van der Waals surface area contributed by atoms with Crippen LogP contribution in [0.1, 0.15) is 37.6 Å². The molecule has 1 aromatic heterocycles. The van der Waals surface area contributed by atoms with Gasteiger partial charge in [0.15, 0.2) is 5.82 Å². The van der Waals surface area contributed by atoms with Crippen molar-refractivity contribution >= 4 is 23.4 Å². The Morgan fingerprint density at radius 1 is 1.10 bits per heavy atom. The maximum absolute atomic E-state index is 12.8. The van der Waals surface area contributed by atoms with Crippen LogP contribution in [-0.4, -0.2) is 26.7 Å². The van der Waals surface area contributed by atoms with Gasteiger partial charge in [0, 0.05) is 23.2 Å². The smallest absolute Gasteiger partial charge is 0.237 e. The molecule has 6 heteroatoms. The van der Waals surface area contributed by atoms with Crippen LogP contribution in [0.4, 0.5) is 5.69 Å². The first kappa shape index (κ1) is 21.5. The monoisotopic (exact) mass is 433 g/mol. The number of anilines is 1. The van der Waals surface area contributed by atoms with E-state index in [1.165, 1.54) is 17.3 Å². The van der Waals surface area contributed by atoms with Crippen molar-refractivity contribution in [2.24, 2.45) is 0 Å². The van der Waals surface area contributed by atoms with Crippen LogP contribution in [-0.2, 0) is 22.6 Å². The molecule has 0 saturated carbocycles. The number of benzene rings is 2. The fraction of sp³-hybridized carbons (Fsp3) is 0.320. The van der Waals surface area contributed by atoms with Crippen LogP contribution in [0.25, 0.3) is 11.4 Å². The Balaban J connectivity index is 1.64. The molecule has 31 heavy (non-hydrogen) atoms. The molecule has 1 amide bonds. The number of carbonyl (C=O) groups is 1. The van der Waals surface area contributed by atoms with E-state index in [0.717, 1.165) is 27.5 Å². The van der Waals surface area contributed by atoms with Gasteiger partial charge in [-0.2, -0.15) is 0 Å². The SMILES string of the molecule is Cc1ccc(-c2nc3c(c(SC(C)C(=O)Nc4ccccc4)n2)COC(C)(C)C3)cc1. The predicted molar refractivity (Wildman–Crippen MR) is 125 cm³/mol. The van der Waals surface area contributed by atoms with Crippen molar-refractivity contribution in [3.8, 4) is 11.4 Å². The summed E-state index contributed by atoms with van der Waals surface area (Å²) in [5, 5.41) is 3.47. The maximum atomic E-state index is 12.8. The summed E-state index contributed by atoms with van der Waals surface area (Å²) in [5.41, 5.74) is 4.66. The molecule has 2 heterocycles. The molecule has 3 aromatic rings. The van der Waals surface area contributed by atoms with Gasteiger partial charge in [-0.15, -0.1) is 0 Å². The van der Waals surface area contributed by atoms with Crippen LogP contribution in [0.2, 0.25) is 0 Å². The van der Waals surface area contributed by atoms with Crippen molar-refractivity contribution < 1.29 is 9.53 Å². The molecule has 1 aliphatic heterocycles. The Morgan fingerprint density at radius 3 is 2.52 bits per heavy atom. The molecule has 2 aromatic carbocycles. The molecule has 1 unspecified atom stereocenters. The van der Waals surface area contributed by atoms with Crippen molar-refractivity contribution in [2.75, 3.05) is 5.32 Å². The predicted octanol–water partition coefficient (Wildman–Crippen LogP) is 5.42. The minimum atomic E-state index is -0.319. The van der Waals surface area contributed by atoms with E-state index < -0.39 is 0 Å². The largest absolute Gasteiger partial charge is 0.370 e. The van der Waals surface area contributed by atoms with E-state index in [9.17, 15) is 4.79 Å². The molecule has 0 spiro atoms. The van der Waals surface area contributed by atoms with Gasteiger partial charge in [0.1, 0.15) is 5.03 Å². The third-order valence-electron chi connectivity index (χ3n) is 5.26. The van der Waals surface area contributed by atoms with Crippen molar-refractivity contribution in [1.29, 1.82) is 0 Å². The summed E-state index contributed by atoms with van der Waals surface area (Å²) in [5.74, 6) is 0.632. The molecule has 1 N–H and O–H groups in total. The number of hydrogen-bond acceptors (Lipinski definition) is 5. The first-order valence-electron chi connectivity index (χ1n) is 10.4. The van der Waals surface area contributed by atoms with Gasteiger partial charge < -0.3 is 10.1 Å². The fourth-order valence-electron chi connectivity index (χ4n) is 3.44. The highest BCUT2D eigenvalue weighted by atomic mass is 32.2. The molecular formula is C25H27N3O2S. The zero-order valence-corrected chi connectivity index (χ0v) is 19.1. The third kappa shape index (κ3) is 5.14. The summed E-state index contributed by atoms with van der Waals surface area (Å²) >= 11 is 1.45. The summed E-state index contributed by atoms with van der Waals surface area (Å²) in [6.45, 7) is 8.56. The molecular weight excluding hydrogens is 406 g/mol. The Hall–Kier alpha value is -2.70. The van der Waals surface area contributed by atoms with Gasteiger partial charge in [-0.3, -0.25) is 4.79 Å². The van der Waals surface area contributed by atoms with Crippen LogP contribution in [0.15, 0.2) is 59.6 Å². The lowest BCUT2D eigenvalue weighted by molar-refractivity contribution is -0.115. The average Bonchev–Trinajstić information content (AvgIpc) is 2.73. The molecule has 1 aliphatic rings. The van der Waals surface area contributed by atoms with Gasteiger partial charge in [-0.05, 0) is 39.8 Å². The Labute approximate surface area is 187 Å². The van der Waals surface area contributed by atoms with E-state index >= 15 is 0 Å². The quantitative estimate of drug-likeness (QED) is 0.430. The van der Waals surface area contributed by atoms with E-state index in [1.807, 2.05) is 49.4 Å². The molecule has 0 bridgehead atoms. The third-order valence-corrected chi connectivity index (χ3v) is 6.39. The number of rotatable bonds is 5. The number of amides is 1. The Morgan fingerprint density at radius 2 is 1.81 bits per heavy atom. The van der Waals surface area contributed by atoms with Crippen LogP contribution in [0.5, 0.6) is 0 Å². The van der Waals surface area contributed by atoms with Gasteiger partial charge in [0.2, 0.25) is 5.91 Å². The van der Waals surface area contributed by atoms with E-state index in [4.69, 9.17) is 14.7 Å². The number of thioether (sulfide) groups is 1. The van der Waals surface area contributed by atoms with E-state index in [0.29, 0.717) is 18.9 Å². The number of aryl methyl sites for hydroxylation is 1. The molecule has 0 saturated heterocycles. The number of ether oxygens (including phenoxy) is 1. The van der Waals surface area contributed by atoms with E-state index in [2.05, 4.69) is 38.2 Å². The normalized spacial score (nSPS) is 15.7. The second-order valence-corrected chi connectivity index (χ2v) is 9.81. The number of hydrogen-bond donors (Lipinski definition) is 1. The highest BCUT2D eigenvalue weighted by Gasteiger charge is 2.31. The molecule has 1 atom stereocenters. The topological polar surface area (TPSA) is 64.1 Å². The van der Waals surface area contributed by atoms with Crippen LogP contribution in [0.3, 0.4) is 0 Å². The van der Waals surface area contributed by atoms with Gasteiger partial charge in [-0.1, -0.05) is 59.8 Å². The summed E-state index contributed by atoms with van der Waals surface area (Å²) in [7, 11) is 0. The fourth-order valence-corrected chi connectivity index (χ4v) is 4.40. The molecule has 0 fully saturated rings. The first-order chi connectivity index (χ1) is 14.8. The second-order valence-electron chi connectivity index (χ2n) is 8.48. The average molecular weight is 434 g/mol. The minimum absolute atomic E-state index is 0.0579. The number of aromatic nitrogens is 2.